The summed E-state index contributed by atoms with van der Waals surface area (Å²) in [6.45, 7) is 2.51. The summed E-state index contributed by atoms with van der Waals surface area (Å²) in [5.74, 6) is 0.969. The Morgan fingerprint density at radius 2 is 1.90 bits per heavy atom. The first kappa shape index (κ1) is 23.3. The summed E-state index contributed by atoms with van der Waals surface area (Å²) in [5, 5.41) is 16.1. The molecule has 0 saturated heterocycles. The number of hydrogen-bond donors (Lipinski definition) is 1. The lowest BCUT2D eigenvalue weighted by atomic mass is 10.1. The third-order valence-electron chi connectivity index (χ3n) is 4.28. The molecule has 0 radical (unpaired) electrons. The van der Waals surface area contributed by atoms with E-state index in [9.17, 15) is 10.1 Å². The molecule has 0 amide bonds. The molecule has 2 rings (SSSR count). The molecule has 0 aliphatic carbocycles. The fourth-order valence-corrected chi connectivity index (χ4v) is 2.99. The highest BCUT2D eigenvalue weighted by molar-refractivity contribution is 6.32. The van der Waals surface area contributed by atoms with Gasteiger partial charge in [-0.05, 0) is 30.7 Å². The van der Waals surface area contributed by atoms with E-state index in [0.717, 1.165) is 25.7 Å². The summed E-state index contributed by atoms with van der Waals surface area (Å²) in [6, 6.07) is 8.16. The predicted octanol–water partition coefficient (Wildman–Crippen LogP) is 5.67. The number of nitro benzene ring substituents is 1. The van der Waals surface area contributed by atoms with Crippen molar-refractivity contribution in [3.05, 3.63) is 51.0 Å². The van der Waals surface area contributed by atoms with E-state index in [0.29, 0.717) is 28.6 Å². The standard InChI is InChI=1S/C21H26ClN3O5/c1-4-5-6-7-10-30-21-18(25(26)27)11-15(12-20(21)29-3)14-23-24-16-8-9-19(28-2)17(22)13-16/h8-9,11-14,24H,4-7,10H2,1-3H3/b23-14+. The number of ether oxygens (including phenoxy) is 3. The lowest BCUT2D eigenvalue weighted by Gasteiger charge is -2.12. The second-order valence-corrected chi connectivity index (χ2v) is 6.86. The second-order valence-electron chi connectivity index (χ2n) is 6.46. The highest BCUT2D eigenvalue weighted by Gasteiger charge is 2.22. The zero-order valence-electron chi connectivity index (χ0n) is 17.3. The molecule has 8 nitrogen and oxygen atoms in total. The third-order valence-corrected chi connectivity index (χ3v) is 4.57. The monoisotopic (exact) mass is 435 g/mol. The van der Waals surface area contributed by atoms with Crippen molar-refractivity contribution in [3.8, 4) is 17.2 Å². The number of hydrazone groups is 1. The summed E-state index contributed by atoms with van der Waals surface area (Å²) in [4.78, 5) is 11.1. The van der Waals surface area contributed by atoms with Gasteiger partial charge in [-0.1, -0.05) is 37.8 Å². The third kappa shape index (κ3) is 6.52. The van der Waals surface area contributed by atoms with E-state index < -0.39 is 4.92 Å². The summed E-state index contributed by atoms with van der Waals surface area (Å²) in [5.41, 5.74) is 3.79. The number of halogens is 1. The van der Waals surface area contributed by atoms with Gasteiger partial charge in [0.15, 0.2) is 5.75 Å². The first-order valence-electron chi connectivity index (χ1n) is 9.62. The minimum absolute atomic E-state index is 0.131. The number of rotatable bonds is 12. The number of unbranched alkanes of at least 4 members (excludes halogenated alkanes) is 3. The minimum Gasteiger partial charge on any atom is -0.495 e. The molecule has 0 saturated carbocycles. The van der Waals surface area contributed by atoms with E-state index in [4.69, 9.17) is 25.8 Å². The molecule has 0 atom stereocenters. The number of nitrogens with zero attached hydrogens (tertiary/aromatic N) is 2. The summed E-state index contributed by atoms with van der Waals surface area (Å²) in [7, 11) is 2.98. The van der Waals surface area contributed by atoms with Crippen molar-refractivity contribution in [3.63, 3.8) is 0 Å². The van der Waals surface area contributed by atoms with Crippen molar-refractivity contribution < 1.29 is 19.1 Å². The van der Waals surface area contributed by atoms with Crippen LogP contribution in [-0.2, 0) is 0 Å². The summed E-state index contributed by atoms with van der Waals surface area (Å²) < 4.78 is 16.1. The average molecular weight is 436 g/mol. The maximum absolute atomic E-state index is 11.6. The Balaban J connectivity index is 2.16. The molecule has 30 heavy (non-hydrogen) atoms. The number of hydrogen-bond acceptors (Lipinski definition) is 7. The van der Waals surface area contributed by atoms with Gasteiger partial charge in [-0.25, -0.2) is 0 Å². The lowest BCUT2D eigenvalue weighted by molar-refractivity contribution is -0.386. The highest BCUT2D eigenvalue weighted by atomic mass is 35.5. The minimum atomic E-state index is -0.488. The molecule has 9 heteroatoms. The molecule has 0 bridgehead atoms. The van der Waals surface area contributed by atoms with Gasteiger partial charge in [0.05, 0.1) is 42.7 Å². The maximum Gasteiger partial charge on any atom is 0.315 e. The van der Waals surface area contributed by atoms with Gasteiger partial charge < -0.3 is 14.2 Å². The van der Waals surface area contributed by atoms with Gasteiger partial charge in [-0.2, -0.15) is 5.10 Å². The van der Waals surface area contributed by atoms with E-state index >= 15 is 0 Å². The average Bonchev–Trinajstić information content (AvgIpc) is 2.73. The Hall–Kier alpha value is -3.00. The van der Waals surface area contributed by atoms with Gasteiger partial charge in [-0.15, -0.1) is 0 Å². The second kappa shape index (κ2) is 11.9. The van der Waals surface area contributed by atoms with Crippen molar-refractivity contribution >= 4 is 29.2 Å². The van der Waals surface area contributed by atoms with Crippen LogP contribution in [0.1, 0.15) is 38.2 Å². The van der Waals surface area contributed by atoms with E-state index in [1.807, 2.05) is 0 Å². The van der Waals surface area contributed by atoms with Crippen molar-refractivity contribution in [2.24, 2.45) is 5.10 Å². The molecule has 0 heterocycles. The van der Waals surface area contributed by atoms with Crippen LogP contribution >= 0.6 is 11.6 Å². The number of anilines is 1. The van der Waals surface area contributed by atoms with Gasteiger partial charge in [0.2, 0.25) is 5.75 Å². The normalized spacial score (nSPS) is 10.8. The van der Waals surface area contributed by atoms with Crippen LogP contribution < -0.4 is 19.6 Å². The molecular formula is C21H26ClN3O5. The van der Waals surface area contributed by atoms with Crippen LogP contribution in [-0.4, -0.2) is 32.0 Å². The fourth-order valence-electron chi connectivity index (χ4n) is 2.74. The van der Waals surface area contributed by atoms with Crippen LogP contribution in [0.3, 0.4) is 0 Å². The van der Waals surface area contributed by atoms with Crippen LogP contribution in [0.25, 0.3) is 0 Å². The van der Waals surface area contributed by atoms with Crippen LogP contribution in [0, 0.1) is 10.1 Å². The number of nitro groups is 1. The Morgan fingerprint density at radius 1 is 1.13 bits per heavy atom. The molecular weight excluding hydrogens is 410 g/mol. The summed E-state index contributed by atoms with van der Waals surface area (Å²) in [6.07, 6.45) is 5.50. The molecule has 2 aromatic carbocycles. The van der Waals surface area contributed by atoms with E-state index in [2.05, 4.69) is 17.5 Å². The SMILES string of the molecule is CCCCCCOc1c(OC)cc(/C=N/Nc2ccc(OC)c(Cl)c2)cc1[N+](=O)[O-]. The highest BCUT2D eigenvalue weighted by Crippen LogP contribution is 2.38. The molecule has 0 fully saturated rings. The quantitative estimate of drug-likeness (QED) is 0.200. The molecule has 0 aromatic heterocycles. The number of benzene rings is 2. The Kier molecular flexibility index (Phi) is 9.21. The van der Waals surface area contributed by atoms with Gasteiger partial charge in [0.1, 0.15) is 5.75 Å². The van der Waals surface area contributed by atoms with E-state index in [-0.39, 0.29) is 17.2 Å². The van der Waals surface area contributed by atoms with E-state index in [1.54, 1.807) is 24.3 Å². The van der Waals surface area contributed by atoms with Gasteiger partial charge >= 0.3 is 5.69 Å². The summed E-state index contributed by atoms with van der Waals surface area (Å²) >= 11 is 6.09. The smallest absolute Gasteiger partial charge is 0.315 e. The number of nitrogens with one attached hydrogen (secondary N) is 1. The van der Waals surface area contributed by atoms with Crippen molar-refractivity contribution in [2.75, 3.05) is 26.3 Å². The zero-order valence-corrected chi connectivity index (χ0v) is 18.1. The van der Waals surface area contributed by atoms with Crippen molar-refractivity contribution in [2.45, 2.75) is 32.6 Å². The van der Waals surface area contributed by atoms with Crippen LogP contribution in [0.2, 0.25) is 5.02 Å². The lowest BCUT2D eigenvalue weighted by Crippen LogP contribution is -2.04. The first-order valence-corrected chi connectivity index (χ1v) is 9.99. The molecule has 0 spiro atoms. The van der Waals surface area contributed by atoms with Crippen LogP contribution in [0.4, 0.5) is 11.4 Å². The maximum atomic E-state index is 11.6. The molecule has 2 aromatic rings. The number of methoxy groups -OCH3 is 2. The first-order chi connectivity index (χ1) is 14.5. The Bertz CT molecular complexity index is 889. The van der Waals surface area contributed by atoms with Gasteiger partial charge in [0.25, 0.3) is 0 Å². The molecule has 0 aliphatic rings. The predicted molar refractivity (Wildman–Crippen MR) is 119 cm³/mol. The van der Waals surface area contributed by atoms with Crippen molar-refractivity contribution in [1.29, 1.82) is 0 Å². The Morgan fingerprint density at radius 3 is 2.53 bits per heavy atom. The van der Waals surface area contributed by atoms with Crippen LogP contribution in [0.15, 0.2) is 35.4 Å². The van der Waals surface area contributed by atoms with Gasteiger partial charge in [-0.3, -0.25) is 15.5 Å². The van der Waals surface area contributed by atoms with E-state index in [1.165, 1.54) is 26.5 Å². The molecule has 0 aliphatic heterocycles. The molecule has 1 N–H and O–H groups in total. The van der Waals surface area contributed by atoms with Gasteiger partial charge in [0, 0.05) is 11.6 Å². The fraction of sp³-hybridized carbons (Fsp3) is 0.381. The van der Waals surface area contributed by atoms with Crippen molar-refractivity contribution in [1.82, 2.24) is 0 Å². The zero-order chi connectivity index (χ0) is 21.9. The molecule has 162 valence electrons. The Labute approximate surface area is 180 Å². The molecule has 0 unspecified atom stereocenters. The van der Waals surface area contributed by atoms with Crippen LogP contribution in [0.5, 0.6) is 17.2 Å². The largest absolute Gasteiger partial charge is 0.495 e. The topological polar surface area (TPSA) is 95.2 Å².